The van der Waals surface area contributed by atoms with Crippen LogP contribution in [0, 0.1) is 0 Å². The molecule has 1 fully saturated rings. The van der Waals surface area contributed by atoms with E-state index in [-0.39, 0.29) is 17.5 Å². The molecule has 1 aromatic rings. The number of hydrogen-bond donors (Lipinski definition) is 2. The van der Waals surface area contributed by atoms with Gasteiger partial charge in [0, 0.05) is 18.8 Å². The van der Waals surface area contributed by atoms with Crippen LogP contribution >= 0.6 is 0 Å². The van der Waals surface area contributed by atoms with Crippen molar-refractivity contribution < 1.29 is 13.5 Å². The van der Waals surface area contributed by atoms with Crippen molar-refractivity contribution in [3.8, 4) is 0 Å². The molecule has 0 aliphatic carbocycles. The Morgan fingerprint density at radius 3 is 3.00 bits per heavy atom. The third-order valence-corrected chi connectivity index (χ3v) is 4.78. The van der Waals surface area contributed by atoms with E-state index in [1.54, 1.807) is 0 Å². The summed E-state index contributed by atoms with van der Waals surface area (Å²) in [5.74, 6) is 0. The topological polar surface area (TPSA) is 86.3 Å². The minimum absolute atomic E-state index is 0.128. The van der Waals surface area contributed by atoms with E-state index in [1.165, 1.54) is 16.7 Å². The molecule has 0 radical (unpaired) electrons. The zero-order valence-corrected chi connectivity index (χ0v) is 9.65. The average molecular weight is 245 g/mol. The normalized spacial score (nSPS) is 23.4. The summed E-state index contributed by atoms with van der Waals surface area (Å²) in [6.45, 7) is 0.343. The first-order valence-electron chi connectivity index (χ1n) is 5.28. The minimum atomic E-state index is -3.50. The van der Waals surface area contributed by atoms with Gasteiger partial charge in [-0.15, -0.1) is 0 Å². The highest BCUT2D eigenvalue weighted by atomic mass is 32.2. The third-order valence-electron chi connectivity index (χ3n) is 2.86. The van der Waals surface area contributed by atoms with Crippen molar-refractivity contribution in [2.45, 2.75) is 30.2 Å². The molecule has 0 saturated carbocycles. The molecule has 16 heavy (non-hydrogen) atoms. The van der Waals surface area contributed by atoms with Crippen LogP contribution in [0.2, 0.25) is 0 Å². The zero-order valence-electron chi connectivity index (χ0n) is 8.83. The third kappa shape index (κ3) is 1.98. The predicted molar refractivity (Wildman–Crippen MR) is 57.2 cm³/mol. The van der Waals surface area contributed by atoms with Crippen molar-refractivity contribution >= 4 is 10.0 Å². The molecule has 0 aromatic carbocycles. The van der Waals surface area contributed by atoms with Crippen molar-refractivity contribution in [3.05, 3.63) is 12.4 Å². The highest BCUT2D eigenvalue weighted by Crippen LogP contribution is 2.24. The monoisotopic (exact) mass is 245 g/mol. The fourth-order valence-corrected chi connectivity index (χ4v) is 3.58. The number of sulfonamides is 1. The number of H-pyrrole nitrogens is 1. The standard InChI is InChI=1S/C9H15N3O3S/c13-7-8-3-1-2-4-12(8)16(14,15)9-5-10-11-6-9/h5-6,8,13H,1-4,7H2,(H,10,11). The lowest BCUT2D eigenvalue weighted by molar-refractivity contribution is 0.155. The molecular weight excluding hydrogens is 230 g/mol. The highest BCUT2D eigenvalue weighted by Gasteiger charge is 2.33. The molecule has 2 rings (SSSR count). The molecule has 6 nitrogen and oxygen atoms in total. The average Bonchev–Trinajstić information content (AvgIpc) is 2.83. The molecule has 2 N–H and O–H groups in total. The minimum Gasteiger partial charge on any atom is -0.395 e. The van der Waals surface area contributed by atoms with E-state index in [0.717, 1.165) is 12.8 Å². The Hall–Kier alpha value is -0.920. The van der Waals surface area contributed by atoms with Gasteiger partial charge in [0.05, 0.1) is 12.8 Å². The SMILES string of the molecule is O=S(=O)(c1cn[nH]c1)N1CCCCC1CO. The van der Waals surface area contributed by atoms with Gasteiger partial charge >= 0.3 is 0 Å². The van der Waals surface area contributed by atoms with E-state index in [1.807, 2.05) is 0 Å². The maximum absolute atomic E-state index is 12.2. The van der Waals surface area contributed by atoms with Gasteiger partial charge in [-0.05, 0) is 12.8 Å². The summed E-state index contributed by atoms with van der Waals surface area (Å²) in [6.07, 6.45) is 5.17. The summed E-state index contributed by atoms with van der Waals surface area (Å²) in [5.41, 5.74) is 0. The molecule has 1 aliphatic heterocycles. The second kappa shape index (κ2) is 4.52. The number of aromatic nitrogens is 2. The Labute approximate surface area is 94.3 Å². The fraction of sp³-hybridized carbons (Fsp3) is 0.667. The number of nitrogens with one attached hydrogen (secondary N) is 1. The number of piperidine rings is 1. The van der Waals surface area contributed by atoms with Gasteiger partial charge in [-0.25, -0.2) is 8.42 Å². The number of rotatable bonds is 3. The van der Waals surface area contributed by atoms with Gasteiger partial charge in [-0.3, -0.25) is 5.10 Å². The lowest BCUT2D eigenvalue weighted by atomic mass is 10.1. The summed E-state index contributed by atoms with van der Waals surface area (Å²) in [4.78, 5) is 0.160. The van der Waals surface area contributed by atoms with Crippen molar-refractivity contribution in [3.63, 3.8) is 0 Å². The number of nitrogens with zero attached hydrogens (tertiary/aromatic N) is 2. The van der Waals surface area contributed by atoms with E-state index < -0.39 is 10.0 Å². The first-order chi connectivity index (χ1) is 7.66. The van der Waals surface area contributed by atoms with Crippen molar-refractivity contribution in [1.82, 2.24) is 14.5 Å². The number of aliphatic hydroxyl groups is 1. The molecular formula is C9H15N3O3S. The van der Waals surface area contributed by atoms with Crippen LogP contribution < -0.4 is 0 Å². The number of hydrogen-bond acceptors (Lipinski definition) is 4. The van der Waals surface area contributed by atoms with Crippen molar-refractivity contribution in [2.75, 3.05) is 13.2 Å². The summed E-state index contributed by atoms with van der Waals surface area (Å²) < 4.78 is 25.7. The first-order valence-corrected chi connectivity index (χ1v) is 6.72. The quantitative estimate of drug-likeness (QED) is 0.781. The Balaban J connectivity index is 2.28. The van der Waals surface area contributed by atoms with E-state index in [0.29, 0.717) is 13.0 Å². The van der Waals surface area contributed by atoms with Crippen LogP contribution in [-0.4, -0.2) is 47.2 Å². The fourth-order valence-electron chi connectivity index (χ4n) is 1.99. The van der Waals surface area contributed by atoms with Crippen LogP contribution in [0.15, 0.2) is 17.3 Å². The largest absolute Gasteiger partial charge is 0.395 e. The maximum Gasteiger partial charge on any atom is 0.246 e. The Morgan fingerprint density at radius 2 is 2.38 bits per heavy atom. The molecule has 90 valence electrons. The highest BCUT2D eigenvalue weighted by molar-refractivity contribution is 7.89. The van der Waals surface area contributed by atoms with E-state index in [9.17, 15) is 13.5 Å². The zero-order chi connectivity index (χ0) is 11.6. The molecule has 0 bridgehead atoms. The van der Waals surface area contributed by atoms with Crippen LogP contribution in [0.5, 0.6) is 0 Å². The smallest absolute Gasteiger partial charge is 0.246 e. The second-order valence-corrected chi connectivity index (χ2v) is 5.77. The second-order valence-electron chi connectivity index (χ2n) is 3.88. The lowest BCUT2D eigenvalue weighted by Crippen LogP contribution is -2.45. The summed E-state index contributed by atoms with van der Waals surface area (Å²) in [6, 6.07) is -0.298. The van der Waals surface area contributed by atoms with Crippen LogP contribution in [0.1, 0.15) is 19.3 Å². The molecule has 1 aliphatic rings. The molecule has 0 spiro atoms. The molecule has 1 aromatic heterocycles. The summed E-state index contributed by atoms with van der Waals surface area (Å²) in [5, 5.41) is 15.3. The Morgan fingerprint density at radius 1 is 1.56 bits per heavy atom. The van der Waals surface area contributed by atoms with Crippen LogP contribution in [0.25, 0.3) is 0 Å². The summed E-state index contributed by atoms with van der Waals surface area (Å²) >= 11 is 0. The van der Waals surface area contributed by atoms with E-state index in [4.69, 9.17) is 0 Å². The van der Waals surface area contributed by atoms with Gasteiger partial charge in [0.1, 0.15) is 4.90 Å². The van der Waals surface area contributed by atoms with Crippen molar-refractivity contribution in [2.24, 2.45) is 0 Å². The molecule has 7 heteroatoms. The number of aromatic amines is 1. The summed E-state index contributed by atoms with van der Waals surface area (Å²) in [7, 11) is -3.50. The Kier molecular flexibility index (Phi) is 3.27. The Bertz CT molecular complexity index is 429. The molecule has 1 saturated heterocycles. The molecule has 1 atom stereocenters. The van der Waals surface area contributed by atoms with Gasteiger partial charge in [0.2, 0.25) is 10.0 Å². The molecule has 1 unspecified atom stereocenters. The van der Waals surface area contributed by atoms with E-state index in [2.05, 4.69) is 10.2 Å². The molecule has 2 heterocycles. The van der Waals surface area contributed by atoms with Crippen LogP contribution in [0.3, 0.4) is 0 Å². The number of aliphatic hydroxyl groups excluding tert-OH is 1. The van der Waals surface area contributed by atoms with Gasteiger partial charge < -0.3 is 5.11 Å². The maximum atomic E-state index is 12.2. The predicted octanol–water partition coefficient (Wildman–Crippen LogP) is -0.0548. The van der Waals surface area contributed by atoms with E-state index >= 15 is 0 Å². The first kappa shape index (κ1) is 11.6. The van der Waals surface area contributed by atoms with Gasteiger partial charge in [-0.2, -0.15) is 9.40 Å². The lowest BCUT2D eigenvalue weighted by Gasteiger charge is -2.32. The van der Waals surface area contributed by atoms with Crippen LogP contribution in [-0.2, 0) is 10.0 Å². The van der Waals surface area contributed by atoms with Crippen molar-refractivity contribution in [1.29, 1.82) is 0 Å². The van der Waals surface area contributed by atoms with Crippen LogP contribution in [0.4, 0.5) is 0 Å². The van der Waals surface area contributed by atoms with Gasteiger partial charge in [-0.1, -0.05) is 6.42 Å². The molecule has 0 amide bonds. The van der Waals surface area contributed by atoms with Gasteiger partial charge in [0.15, 0.2) is 0 Å². The van der Waals surface area contributed by atoms with Gasteiger partial charge in [0.25, 0.3) is 0 Å².